The van der Waals surface area contributed by atoms with E-state index in [1.54, 1.807) is 24.3 Å². The number of carbonyl (C=O) groups excluding carboxylic acids is 1. The third kappa shape index (κ3) is 5.70. The van der Waals surface area contributed by atoms with Crippen molar-refractivity contribution in [3.05, 3.63) is 95.6 Å². The number of ether oxygens (including phenoxy) is 1. The van der Waals surface area contributed by atoms with Gasteiger partial charge in [-0.15, -0.1) is 0 Å². The molecule has 3 rings (SSSR count). The summed E-state index contributed by atoms with van der Waals surface area (Å²) in [5.74, 6) is 0.141. The van der Waals surface area contributed by atoms with Gasteiger partial charge in [0.1, 0.15) is 5.75 Å². The highest BCUT2D eigenvalue weighted by Crippen LogP contribution is 2.36. The van der Waals surface area contributed by atoms with Crippen LogP contribution in [0.25, 0.3) is 11.1 Å². The maximum absolute atomic E-state index is 11.9. The molecule has 0 radical (unpaired) electrons. The summed E-state index contributed by atoms with van der Waals surface area (Å²) in [6.45, 7) is 3.50. The van der Waals surface area contributed by atoms with E-state index in [-0.39, 0.29) is 5.97 Å². The zero-order chi connectivity index (χ0) is 22.4. The first-order chi connectivity index (χ1) is 14.8. The molecule has 0 saturated carbocycles. The minimum Gasteiger partial charge on any atom is -0.427 e. The van der Waals surface area contributed by atoms with E-state index in [2.05, 4.69) is 19.1 Å². The van der Waals surface area contributed by atoms with Crippen LogP contribution in [0.2, 0.25) is 0 Å². The Labute approximate surface area is 184 Å². The first kappa shape index (κ1) is 22.5. The molecule has 0 aliphatic carbocycles. The lowest BCUT2D eigenvalue weighted by Crippen LogP contribution is -2.01. The zero-order valence-electron chi connectivity index (χ0n) is 18.0. The average molecular weight is 435 g/mol. The van der Waals surface area contributed by atoms with Crippen LogP contribution >= 0.6 is 0 Å². The second-order valence-corrected chi connectivity index (χ2v) is 9.40. The van der Waals surface area contributed by atoms with Crippen molar-refractivity contribution in [1.29, 1.82) is 0 Å². The van der Waals surface area contributed by atoms with Crippen molar-refractivity contribution in [2.45, 2.75) is 31.6 Å². The third-order valence-electron chi connectivity index (χ3n) is 4.90. The fraction of sp³-hybridized carbons (Fsp3) is 0.192. The van der Waals surface area contributed by atoms with Crippen molar-refractivity contribution in [3.8, 4) is 5.75 Å². The molecule has 0 aliphatic rings. The molecular weight excluding hydrogens is 408 g/mol. The van der Waals surface area contributed by atoms with Crippen molar-refractivity contribution in [3.63, 3.8) is 0 Å². The van der Waals surface area contributed by atoms with E-state index in [0.29, 0.717) is 10.6 Å². The van der Waals surface area contributed by atoms with Crippen LogP contribution in [0.4, 0.5) is 0 Å². The smallest absolute Gasteiger partial charge is 0.308 e. The van der Waals surface area contributed by atoms with Crippen LogP contribution in [0.5, 0.6) is 5.75 Å². The molecule has 0 aromatic heterocycles. The fourth-order valence-electron chi connectivity index (χ4n) is 3.54. The van der Waals surface area contributed by atoms with E-state index in [0.717, 1.165) is 40.7 Å². The molecule has 0 unspecified atom stereocenters. The molecule has 0 aliphatic heterocycles. The molecule has 0 fully saturated rings. The average Bonchev–Trinajstić information content (AvgIpc) is 2.74. The van der Waals surface area contributed by atoms with Crippen LogP contribution in [0.15, 0.2) is 83.8 Å². The van der Waals surface area contributed by atoms with Gasteiger partial charge in [0.2, 0.25) is 0 Å². The number of rotatable bonds is 7. The molecular formula is C26H26O4S. The third-order valence-corrected chi connectivity index (χ3v) is 6.03. The minimum atomic E-state index is -3.25. The van der Waals surface area contributed by atoms with Crippen molar-refractivity contribution in [2.24, 2.45) is 0 Å². The van der Waals surface area contributed by atoms with Crippen molar-refractivity contribution < 1.29 is 17.9 Å². The van der Waals surface area contributed by atoms with Gasteiger partial charge in [-0.05, 0) is 58.5 Å². The van der Waals surface area contributed by atoms with Gasteiger partial charge in [-0.2, -0.15) is 0 Å². The van der Waals surface area contributed by atoms with Gasteiger partial charge in [-0.1, -0.05) is 67.9 Å². The SMILES string of the molecule is CCC/C(=C(\c1ccccc1)c1ccc(OC(C)=O)cc1)c1ccc(S(C)(=O)=O)cc1. The highest BCUT2D eigenvalue weighted by atomic mass is 32.2. The predicted molar refractivity (Wildman–Crippen MR) is 125 cm³/mol. The number of hydrogen-bond donors (Lipinski definition) is 0. The van der Waals surface area contributed by atoms with Crippen LogP contribution in [0.1, 0.15) is 43.4 Å². The largest absolute Gasteiger partial charge is 0.427 e. The summed E-state index contributed by atoms with van der Waals surface area (Å²) in [4.78, 5) is 11.6. The summed E-state index contributed by atoms with van der Waals surface area (Å²) in [6.07, 6.45) is 2.98. The highest BCUT2D eigenvalue weighted by Gasteiger charge is 2.15. The number of benzene rings is 3. The minimum absolute atomic E-state index is 0.305. The van der Waals surface area contributed by atoms with Gasteiger partial charge in [0.15, 0.2) is 9.84 Å². The molecule has 0 spiro atoms. The molecule has 0 N–H and O–H groups in total. The Morgan fingerprint density at radius 2 is 1.35 bits per heavy atom. The molecule has 31 heavy (non-hydrogen) atoms. The molecule has 4 nitrogen and oxygen atoms in total. The topological polar surface area (TPSA) is 60.4 Å². The fourth-order valence-corrected chi connectivity index (χ4v) is 4.17. The Morgan fingerprint density at radius 1 is 0.806 bits per heavy atom. The van der Waals surface area contributed by atoms with E-state index in [9.17, 15) is 13.2 Å². The molecule has 0 amide bonds. The lowest BCUT2D eigenvalue weighted by atomic mass is 9.87. The lowest BCUT2D eigenvalue weighted by molar-refractivity contribution is -0.131. The van der Waals surface area contributed by atoms with E-state index in [1.807, 2.05) is 42.5 Å². The second-order valence-electron chi connectivity index (χ2n) is 7.38. The second kappa shape index (κ2) is 9.75. The molecule has 160 valence electrons. The number of hydrogen-bond acceptors (Lipinski definition) is 4. The maximum atomic E-state index is 11.9. The Bertz CT molecular complexity index is 1170. The van der Waals surface area contributed by atoms with Crippen LogP contribution in [0.3, 0.4) is 0 Å². The molecule has 0 atom stereocenters. The Hall–Kier alpha value is -3.18. The van der Waals surface area contributed by atoms with E-state index < -0.39 is 9.84 Å². The van der Waals surface area contributed by atoms with Crippen LogP contribution in [0, 0.1) is 0 Å². The first-order valence-electron chi connectivity index (χ1n) is 10.2. The van der Waals surface area contributed by atoms with Crippen molar-refractivity contribution >= 4 is 27.0 Å². The Balaban J connectivity index is 2.19. The van der Waals surface area contributed by atoms with Crippen molar-refractivity contribution in [2.75, 3.05) is 6.26 Å². The summed E-state index contributed by atoms with van der Waals surface area (Å²) in [6, 6.07) is 24.6. The van der Waals surface area contributed by atoms with Crippen LogP contribution in [-0.2, 0) is 14.6 Å². The van der Waals surface area contributed by atoms with E-state index in [4.69, 9.17) is 4.74 Å². The van der Waals surface area contributed by atoms with Gasteiger partial charge in [-0.3, -0.25) is 4.79 Å². The number of carbonyl (C=O) groups is 1. The lowest BCUT2D eigenvalue weighted by Gasteiger charge is -2.18. The normalized spacial score (nSPS) is 12.2. The molecule has 0 heterocycles. The maximum Gasteiger partial charge on any atom is 0.308 e. The molecule has 0 bridgehead atoms. The number of sulfone groups is 1. The van der Waals surface area contributed by atoms with Gasteiger partial charge in [0.05, 0.1) is 4.90 Å². The summed E-state index contributed by atoms with van der Waals surface area (Å²) in [5.41, 5.74) is 5.26. The molecule has 3 aromatic rings. The number of esters is 1. The van der Waals surface area contributed by atoms with Gasteiger partial charge < -0.3 is 4.74 Å². The quantitative estimate of drug-likeness (QED) is 0.269. The summed E-state index contributed by atoms with van der Waals surface area (Å²) < 4.78 is 28.9. The van der Waals surface area contributed by atoms with Crippen molar-refractivity contribution in [1.82, 2.24) is 0 Å². The summed E-state index contributed by atoms with van der Waals surface area (Å²) in [7, 11) is -3.25. The van der Waals surface area contributed by atoms with E-state index >= 15 is 0 Å². The van der Waals surface area contributed by atoms with E-state index in [1.165, 1.54) is 13.2 Å². The van der Waals surface area contributed by atoms with Gasteiger partial charge in [0, 0.05) is 13.2 Å². The first-order valence-corrected chi connectivity index (χ1v) is 12.1. The van der Waals surface area contributed by atoms with Gasteiger partial charge in [-0.25, -0.2) is 8.42 Å². The number of allylic oxidation sites excluding steroid dienone is 1. The zero-order valence-corrected chi connectivity index (χ0v) is 18.8. The van der Waals surface area contributed by atoms with Crippen LogP contribution in [-0.4, -0.2) is 20.6 Å². The Morgan fingerprint density at radius 3 is 1.87 bits per heavy atom. The molecule has 5 heteroatoms. The Kier molecular flexibility index (Phi) is 7.08. The van der Waals surface area contributed by atoms with Gasteiger partial charge >= 0.3 is 5.97 Å². The summed E-state index contributed by atoms with van der Waals surface area (Å²) >= 11 is 0. The highest BCUT2D eigenvalue weighted by molar-refractivity contribution is 7.90. The summed E-state index contributed by atoms with van der Waals surface area (Å²) in [5, 5.41) is 0. The van der Waals surface area contributed by atoms with Crippen LogP contribution < -0.4 is 4.74 Å². The molecule has 0 saturated heterocycles. The molecule has 3 aromatic carbocycles. The predicted octanol–water partition coefficient (Wildman–Crippen LogP) is 5.77. The van der Waals surface area contributed by atoms with Gasteiger partial charge in [0.25, 0.3) is 0 Å². The standard InChI is InChI=1S/C26H26O4S/c1-4-8-25(20-13-17-24(18-14-20)31(3,28)29)26(21-9-6-5-7-10-21)22-11-15-23(16-12-22)30-19(2)27/h5-7,9-18H,4,8H2,1-3H3/b26-25-. The monoisotopic (exact) mass is 434 g/mol.